The lowest BCUT2D eigenvalue weighted by atomic mass is 10.0. The summed E-state index contributed by atoms with van der Waals surface area (Å²) >= 11 is 1.79. The van der Waals surface area contributed by atoms with Crippen molar-refractivity contribution in [2.75, 3.05) is 11.5 Å². The largest absolute Gasteiger partial charge is 0.508 e. The SMILES string of the molecule is CCSCCCC(=O)O.Cc1cc(CC/C=C/[C@H]2CCC(=O)C2)ccc1O. The van der Waals surface area contributed by atoms with E-state index in [4.69, 9.17) is 5.11 Å². The lowest BCUT2D eigenvalue weighted by Crippen LogP contribution is -1.94. The van der Waals surface area contributed by atoms with Crippen molar-refractivity contribution in [2.24, 2.45) is 5.92 Å². The topological polar surface area (TPSA) is 74.6 Å². The predicted molar refractivity (Wildman–Crippen MR) is 113 cm³/mol. The summed E-state index contributed by atoms with van der Waals surface area (Å²) in [6.45, 7) is 3.99. The number of aromatic hydroxyl groups is 1. The van der Waals surface area contributed by atoms with E-state index in [9.17, 15) is 14.7 Å². The summed E-state index contributed by atoms with van der Waals surface area (Å²) in [6.07, 6.45) is 9.98. The van der Waals surface area contributed by atoms with Crippen molar-refractivity contribution in [3.05, 3.63) is 41.5 Å². The molecule has 150 valence electrons. The Morgan fingerprint density at radius 2 is 2.15 bits per heavy atom. The van der Waals surface area contributed by atoms with Gasteiger partial charge in [-0.2, -0.15) is 11.8 Å². The second-order valence-electron chi connectivity index (χ2n) is 6.82. The second-order valence-corrected chi connectivity index (χ2v) is 8.22. The number of aliphatic carboxylic acids is 1. The van der Waals surface area contributed by atoms with Gasteiger partial charge in [-0.15, -0.1) is 0 Å². The molecule has 0 spiro atoms. The number of benzene rings is 1. The molecule has 1 fully saturated rings. The molecule has 0 heterocycles. The number of carboxylic acids is 1. The smallest absolute Gasteiger partial charge is 0.303 e. The molecule has 27 heavy (non-hydrogen) atoms. The summed E-state index contributed by atoms with van der Waals surface area (Å²) < 4.78 is 0. The van der Waals surface area contributed by atoms with Crippen molar-refractivity contribution >= 4 is 23.5 Å². The van der Waals surface area contributed by atoms with E-state index in [1.165, 1.54) is 5.56 Å². The van der Waals surface area contributed by atoms with Crippen molar-refractivity contribution in [1.82, 2.24) is 0 Å². The van der Waals surface area contributed by atoms with Crippen LogP contribution in [0.25, 0.3) is 0 Å². The molecular formula is C22H32O4S. The van der Waals surface area contributed by atoms with E-state index in [-0.39, 0.29) is 0 Å². The number of Topliss-reactive ketones (excluding diaryl/α,β-unsaturated/α-hetero) is 1. The number of rotatable bonds is 9. The van der Waals surface area contributed by atoms with E-state index in [0.29, 0.717) is 23.9 Å². The molecule has 0 unspecified atom stereocenters. The quantitative estimate of drug-likeness (QED) is 0.448. The van der Waals surface area contributed by atoms with E-state index >= 15 is 0 Å². The maximum absolute atomic E-state index is 11.1. The van der Waals surface area contributed by atoms with E-state index in [1.54, 1.807) is 17.8 Å². The van der Waals surface area contributed by atoms with Crippen LogP contribution in [0.2, 0.25) is 0 Å². The third kappa shape index (κ3) is 10.9. The van der Waals surface area contributed by atoms with Gasteiger partial charge in [0.05, 0.1) is 0 Å². The molecule has 2 N–H and O–H groups in total. The number of phenolic OH excluding ortho intramolecular Hbond substituents is 1. The fourth-order valence-corrected chi connectivity index (χ4v) is 3.53. The average Bonchev–Trinajstić information content (AvgIpc) is 3.04. The van der Waals surface area contributed by atoms with Crippen molar-refractivity contribution in [2.45, 2.75) is 58.8 Å². The molecule has 1 aliphatic rings. The Kier molecular flexibility index (Phi) is 11.6. The zero-order valence-electron chi connectivity index (χ0n) is 16.4. The molecule has 0 saturated heterocycles. The van der Waals surface area contributed by atoms with Gasteiger partial charge in [0.2, 0.25) is 0 Å². The van der Waals surface area contributed by atoms with Crippen LogP contribution in [0.5, 0.6) is 5.75 Å². The van der Waals surface area contributed by atoms with Crippen LogP contribution in [0.1, 0.15) is 56.6 Å². The lowest BCUT2D eigenvalue weighted by Gasteiger charge is -2.03. The first-order chi connectivity index (χ1) is 12.9. The maximum Gasteiger partial charge on any atom is 0.303 e. The van der Waals surface area contributed by atoms with Crippen LogP contribution in [0.3, 0.4) is 0 Å². The third-order valence-corrected chi connectivity index (χ3v) is 5.42. The average molecular weight is 393 g/mol. The Morgan fingerprint density at radius 3 is 2.74 bits per heavy atom. The molecule has 1 saturated carbocycles. The van der Waals surface area contributed by atoms with Crippen LogP contribution >= 0.6 is 11.8 Å². The summed E-state index contributed by atoms with van der Waals surface area (Å²) in [7, 11) is 0. The second kappa shape index (κ2) is 13.4. The number of carbonyl (C=O) groups is 2. The van der Waals surface area contributed by atoms with Gasteiger partial charge in [0, 0.05) is 19.3 Å². The zero-order valence-corrected chi connectivity index (χ0v) is 17.3. The number of hydrogen-bond donors (Lipinski definition) is 2. The lowest BCUT2D eigenvalue weighted by molar-refractivity contribution is -0.137. The van der Waals surface area contributed by atoms with E-state index in [0.717, 1.165) is 55.6 Å². The fraction of sp³-hybridized carbons (Fsp3) is 0.545. The Bertz CT molecular complexity index is 625. The highest BCUT2D eigenvalue weighted by molar-refractivity contribution is 7.99. The minimum atomic E-state index is -0.688. The molecule has 0 aliphatic heterocycles. The molecule has 1 aliphatic carbocycles. The molecule has 1 aromatic carbocycles. The van der Waals surface area contributed by atoms with Crippen molar-refractivity contribution < 1.29 is 19.8 Å². The molecule has 0 radical (unpaired) electrons. The van der Waals surface area contributed by atoms with E-state index < -0.39 is 5.97 Å². The Morgan fingerprint density at radius 1 is 1.37 bits per heavy atom. The highest BCUT2D eigenvalue weighted by Crippen LogP contribution is 2.23. The Hall–Kier alpha value is -1.75. The molecule has 0 amide bonds. The number of aryl methyl sites for hydroxylation is 2. The van der Waals surface area contributed by atoms with Crippen LogP contribution in [0.15, 0.2) is 30.4 Å². The minimum Gasteiger partial charge on any atom is -0.508 e. The Balaban J connectivity index is 0.000000345. The number of carboxylic acid groups (broad SMARTS) is 1. The molecule has 0 bridgehead atoms. The van der Waals surface area contributed by atoms with Crippen molar-refractivity contribution in [3.8, 4) is 5.75 Å². The number of ketones is 1. The van der Waals surface area contributed by atoms with Gasteiger partial charge in [-0.05, 0) is 67.2 Å². The minimum absolute atomic E-state index is 0.312. The molecular weight excluding hydrogens is 360 g/mol. The van der Waals surface area contributed by atoms with Crippen LogP contribution in [0.4, 0.5) is 0 Å². The monoisotopic (exact) mass is 392 g/mol. The molecule has 5 heteroatoms. The van der Waals surface area contributed by atoms with Gasteiger partial charge in [-0.3, -0.25) is 9.59 Å². The maximum atomic E-state index is 11.1. The van der Waals surface area contributed by atoms with Gasteiger partial charge < -0.3 is 10.2 Å². The van der Waals surface area contributed by atoms with Crippen LogP contribution in [-0.4, -0.2) is 33.5 Å². The predicted octanol–water partition coefficient (Wildman–Crippen LogP) is 5.16. The molecule has 4 nitrogen and oxygen atoms in total. The number of allylic oxidation sites excluding steroid dienone is 2. The highest BCUT2D eigenvalue weighted by Gasteiger charge is 2.18. The van der Waals surface area contributed by atoms with Crippen molar-refractivity contribution in [1.29, 1.82) is 0 Å². The summed E-state index contributed by atoms with van der Waals surface area (Å²) in [5, 5.41) is 17.6. The summed E-state index contributed by atoms with van der Waals surface area (Å²) in [4.78, 5) is 21.1. The molecule has 2 rings (SSSR count). The van der Waals surface area contributed by atoms with Gasteiger partial charge in [-0.25, -0.2) is 0 Å². The van der Waals surface area contributed by atoms with Gasteiger partial charge in [0.25, 0.3) is 0 Å². The van der Waals surface area contributed by atoms with Crippen LogP contribution < -0.4 is 0 Å². The Labute approximate surface area is 167 Å². The molecule has 0 aromatic heterocycles. The van der Waals surface area contributed by atoms with E-state index in [1.807, 2.05) is 19.1 Å². The van der Waals surface area contributed by atoms with Gasteiger partial charge in [-0.1, -0.05) is 31.2 Å². The first kappa shape index (κ1) is 23.3. The first-order valence-corrected chi connectivity index (χ1v) is 10.8. The standard InChI is InChI=1S/C16H20O2.C6H12O2S/c1-12-10-13(7-9-16(12)18)4-2-3-5-14-6-8-15(17)11-14;1-2-9-5-3-4-6(7)8/h3,5,7,9-10,14,18H,2,4,6,8,11H2,1H3;2-5H2,1H3,(H,7,8)/b5-3+;/t14-;/m0./s1. The number of carbonyl (C=O) groups excluding carboxylic acids is 1. The van der Waals surface area contributed by atoms with Gasteiger partial charge in [0.1, 0.15) is 11.5 Å². The fourth-order valence-electron chi connectivity index (χ4n) is 2.89. The van der Waals surface area contributed by atoms with Gasteiger partial charge in [0.15, 0.2) is 0 Å². The number of phenols is 1. The third-order valence-electron chi connectivity index (χ3n) is 4.44. The summed E-state index contributed by atoms with van der Waals surface area (Å²) in [6, 6.07) is 5.75. The van der Waals surface area contributed by atoms with E-state index in [2.05, 4.69) is 19.1 Å². The number of hydrogen-bond acceptors (Lipinski definition) is 4. The summed E-state index contributed by atoms with van der Waals surface area (Å²) in [5.41, 5.74) is 2.18. The highest BCUT2D eigenvalue weighted by atomic mass is 32.2. The van der Waals surface area contributed by atoms with Crippen LogP contribution in [0, 0.1) is 12.8 Å². The molecule has 1 atom stereocenters. The van der Waals surface area contributed by atoms with Gasteiger partial charge >= 0.3 is 5.97 Å². The van der Waals surface area contributed by atoms with Crippen molar-refractivity contribution in [3.63, 3.8) is 0 Å². The molecule has 1 aromatic rings. The number of thioether (sulfide) groups is 1. The zero-order chi connectivity index (χ0) is 20.1. The normalized spacial score (nSPS) is 16.4. The first-order valence-electron chi connectivity index (χ1n) is 9.68. The summed E-state index contributed by atoms with van der Waals surface area (Å²) in [5.74, 6) is 2.60. The van der Waals surface area contributed by atoms with Crippen LogP contribution in [-0.2, 0) is 16.0 Å².